The minimum absolute atomic E-state index is 0.0133. The highest BCUT2D eigenvalue weighted by Crippen LogP contribution is 2.17. The van der Waals surface area contributed by atoms with Gasteiger partial charge >= 0.3 is 12.1 Å². The predicted octanol–water partition coefficient (Wildman–Crippen LogP) is 1.59. The number of carboxylic acids is 1. The molecule has 1 aromatic rings. The number of hydrogen-bond donors (Lipinski definition) is 2. The lowest BCUT2D eigenvalue weighted by molar-refractivity contribution is -0.175. The number of carbonyl (C=O) groups is 2. The van der Waals surface area contributed by atoms with Crippen molar-refractivity contribution in [2.45, 2.75) is 58.8 Å². The Morgan fingerprint density at radius 3 is 2.05 bits per heavy atom. The van der Waals surface area contributed by atoms with Crippen LogP contribution in [0.2, 0.25) is 0 Å². The number of ether oxygens (including phenoxy) is 1. The van der Waals surface area contributed by atoms with Gasteiger partial charge in [-0.25, -0.2) is 4.79 Å². The van der Waals surface area contributed by atoms with Gasteiger partial charge in [0.25, 0.3) is 20.2 Å². The molecule has 0 bridgehead atoms. The van der Waals surface area contributed by atoms with Crippen LogP contribution in [0.15, 0.2) is 18.2 Å². The number of aryl methyl sites for hydroxylation is 1. The van der Waals surface area contributed by atoms with Crippen molar-refractivity contribution in [3.8, 4) is 0 Å². The first kappa shape index (κ1) is 33.7. The van der Waals surface area contributed by atoms with E-state index in [9.17, 15) is 31.5 Å². The van der Waals surface area contributed by atoms with Gasteiger partial charge in [-0.3, -0.25) is 18.0 Å². The second kappa shape index (κ2) is 14.7. The van der Waals surface area contributed by atoms with E-state index in [1.807, 2.05) is 13.0 Å². The van der Waals surface area contributed by atoms with Crippen molar-refractivity contribution < 1.29 is 49.5 Å². The maximum Gasteiger partial charge on any atom is 0.407 e. The van der Waals surface area contributed by atoms with Gasteiger partial charge in [-0.05, 0) is 50.8 Å². The summed E-state index contributed by atoms with van der Waals surface area (Å²) in [6, 6.07) is 4.70. The summed E-state index contributed by atoms with van der Waals surface area (Å²) in [5.74, 6) is -1.08. The van der Waals surface area contributed by atoms with Gasteiger partial charge < -0.3 is 15.2 Å². The summed E-state index contributed by atoms with van der Waals surface area (Å²) in [7, 11) is -7.34. The topological polar surface area (TPSA) is 175 Å². The molecule has 2 N–H and O–H groups in total. The predicted molar refractivity (Wildman–Crippen MR) is 138 cm³/mol. The van der Waals surface area contributed by atoms with Crippen LogP contribution in [0.5, 0.6) is 0 Å². The SMILES string of the molecule is Cc1ccc(CON(CCOS(C)(=O)=O)CCOS(C)(=O)=O)cc1C[C@@H](CC(=O)O)NC(=O)OC(C)(C)C. The first-order chi connectivity index (χ1) is 17.3. The van der Waals surface area contributed by atoms with Gasteiger partial charge in [0.05, 0.1) is 38.8 Å². The Morgan fingerprint density at radius 2 is 1.58 bits per heavy atom. The summed E-state index contributed by atoms with van der Waals surface area (Å²) in [5.41, 5.74) is 1.61. The average Bonchev–Trinajstić information content (AvgIpc) is 2.70. The summed E-state index contributed by atoms with van der Waals surface area (Å²) < 4.78 is 59.7. The molecule has 0 saturated heterocycles. The minimum Gasteiger partial charge on any atom is -0.481 e. The number of alkyl carbamates (subject to hydrolysis) is 1. The molecule has 13 nitrogen and oxygen atoms in total. The Hall–Kier alpha value is -2.30. The van der Waals surface area contributed by atoms with Crippen LogP contribution in [-0.4, -0.2) is 89.5 Å². The Balaban J connectivity index is 2.93. The zero-order valence-electron chi connectivity index (χ0n) is 22.6. The van der Waals surface area contributed by atoms with Crippen LogP contribution in [0.4, 0.5) is 4.79 Å². The number of hydroxylamine groups is 2. The number of carbonyl (C=O) groups excluding carboxylic acids is 1. The maximum atomic E-state index is 12.2. The van der Waals surface area contributed by atoms with E-state index >= 15 is 0 Å². The lowest BCUT2D eigenvalue weighted by Gasteiger charge is -2.24. The van der Waals surface area contributed by atoms with E-state index in [4.69, 9.17) is 17.9 Å². The summed E-state index contributed by atoms with van der Waals surface area (Å²) >= 11 is 0. The molecule has 0 aliphatic carbocycles. The number of benzene rings is 1. The summed E-state index contributed by atoms with van der Waals surface area (Å²) in [6.45, 7) is 6.59. The van der Waals surface area contributed by atoms with Gasteiger partial charge in [-0.15, -0.1) is 0 Å². The highest BCUT2D eigenvalue weighted by Gasteiger charge is 2.22. The monoisotopic (exact) mass is 582 g/mol. The molecule has 1 rings (SSSR count). The van der Waals surface area contributed by atoms with Gasteiger partial charge in [0, 0.05) is 19.1 Å². The normalized spacial score (nSPS) is 13.3. The zero-order valence-corrected chi connectivity index (χ0v) is 24.2. The van der Waals surface area contributed by atoms with Crippen molar-refractivity contribution in [2.75, 3.05) is 38.8 Å². The molecule has 38 heavy (non-hydrogen) atoms. The second-order valence-corrected chi connectivity index (χ2v) is 12.9. The molecular weight excluding hydrogens is 544 g/mol. The third-order valence-corrected chi connectivity index (χ3v) is 5.90. The number of carboxylic acid groups (broad SMARTS) is 1. The molecule has 0 unspecified atom stereocenters. The first-order valence-corrected chi connectivity index (χ1v) is 15.3. The Labute approximate surface area is 224 Å². The summed E-state index contributed by atoms with van der Waals surface area (Å²) in [6.07, 6.45) is 1.01. The van der Waals surface area contributed by atoms with E-state index in [0.717, 1.165) is 23.6 Å². The van der Waals surface area contributed by atoms with Crippen molar-refractivity contribution in [3.63, 3.8) is 0 Å². The molecule has 0 aromatic heterocycles. The van der Waals surface area contributed by atoms with E-state index in [1.165, 1.54) is 5.06 Å². The maximum absolute atomic E-state index is 12.2. The minimum atomic E-state index is -3.67. The van der Waals surface area contributed by atoms with Crippen molar-refractivity contribution in [1.82, 2.24) is 10.4 Å². The number of rotatable bonds is 16. The van der Waals surface area contributed by atoms with Crippen LogP contribution >= 0.6 is 0 Å². The molecule has 0 aliphatic rings. The zero-order chi connectivity index (χ0) is 29.1. The molecule has 0 fully saturated rings. The molecule has 1 atom stereocenters. The fourth-order valence-electron chi connectivity index (χ4n) is 3.15. The van der Waals surface area contributed by atoms with Gasteiger partial charge in [0.2, 0.25) is 0 Å². The molecule has 0 saturated carbocycles. The number of amides is 1. The van der Waals surface area contributed by atoms with E-state index in [1.54, 1.807) is 32.9 Å². The number of hydrogen-bond acceptors (Lipinski definition) is 11. The first-order valence-electron chi connectivity index (χ1n) is 11.7. The van der Waals surface area contributed by atoms with Crippen LogP contribution in [0.1, 0.15) is 43.9 Å². The van der Waals surface area contributed by atoms with Gasteiger partial charge in [0.1, 0.15) is 5.60 Å². The molecule has 15 heteroatoms. The molecule has 1 aromatic carbocycles. The van der Waals surface area contributed by atoms with Gasteiger partial charge in [-0.1, -0.05) is 18.2 Å². The van der Waals surface area contributed by atoms with E-state index in [-0.39, 0.29) is 45.8 Å². The molecule has 0 radical (unpaired) electrons. The van der Waals surface area contributed by atoms with Crippen molar-refractivity contribution in [3.05, 3.63) is 34.9 Å². The number of aliphatic carboxylic acids is 1. The van der Waals surface area contributed by atoms with Gasteiger partial charge in [0.15, 0.2) is 0 Å². The third-order valence-electron chi connectivity index (χ3n) is 4.71. The Kier molecular flexibility index (Phi) is 13.1. The molecule has 218 valence electrons. The standard InChI is InChI=1S/C23H38N2O11S2/c1-17-7-8-18(13-19(17)14-20(15-21(26)27)24-22(28)36-23(2,3)4)16-33-25(9-11-34-37(5,29)30)10-12-35-38(6,31)32/h7-8,13,20H,9-12,14-16H2,1-6H3,(H,24,28)(H,26,27)/t20-/m0/s1. The van der Waals surface area contributed by atoms with Crippen molar-refractivity contribution in [2.24, 2.45) is 0 Å². The lowest BCUT2D eigenvalue weighted by Crippen LogP contribution is -2.41. The fourth-order valence-corrected chi connectivity index (χ4v) is 3.90. The number of nitrogens with zero attached hydrogens (tertiary/aromatic N) is 1. The van der Waals surface area contributed by atoms with Crippen molar-refractivity contribution >= 4 is 32.3 Å². The van der Waals surface area contributed by atoms with Crippen LogP contribution in [-0.2, 0) is 56.0 Å². The smallest absolute Gasteiger partial charge is 0.407 e. The van der Waals surface area contributed by atoms with Crippen molar-refractivity contribution in [1.29, 1.82) is 0 Å². The largest absolute Gasteiger partial charge is 0.481 e. The summed E-state index contributed by atoms with van der Waals surface area (Å²) in [4.78, 5) is 29.3. The third kappa shape index (κ3) is 16.5. The van der Waals surface area contributed by atoms with Crippen LogP contribution in [0.3, 0.4) is 0 Å². The fraction of sp³-hybridized carbons (Fsp3) is 0.652. The van der Waals surface area contributed by atoms with Gasteiger partial charge in [-0.2, -0.15) is 21.9 Å². The molecule has 0 aliphatic heterocycles. The van der Waals surface area contributed by atoms with E-state index in [2.05, 4.69) is 5.32 Å². The van der Waals surface area contributed by atoms with E-state index in [0.29, 0.717) is 5.56 Å². The van der Waals surface area contributed by atoms with E-state index < -0.39 is 43.9 Å². The second-order valence-electron chi connectivity index (χ2n) is 9.66. The molecule has 1 amide bonds. The lowest BCUT2D eigenvalue weighted by atomic mass is 9.97. The number of nitrogens with one attached hydrogen (secondary N) is 1. The Morgan fingerprint density at radius 1 is 1.03 bits per heavy atom. The highest BCUT2D eigenvalue weighted by atomic mass is 32.2. The van der Waals surface area contributed by atoms with Crippen LogP contribution in [0.25, 0.3) is 0 Å². The summed E-state index contributed by atoms with van der Waals surface area (Å²) in [5, 5.41) is 13.2. The highest BCUT2D eigenvalue weighted by molar-refractivity contribution is 7.86. The average molecular weight is 583 g/mol. The van der Waals surface area contributed by atoms with Crippen LogP contribution < -0.4 is 5.32 Å². The molecular formula is C23H38N2O11S2. The van der Waals surface area contributed by atoms with Crippen LogP contribution in [0, 0.1) is 6.92 Å². The Bertz CT molecular complexity index is 1110. The molecule has 0 spiro atoms. The molecule has 0 heterocycles. The quantitative estimate of drug-likeness (QED) is 0.213.